The van der Waals surface area contributed by atoms with E-state index in [0.29, 0.717) is 12.8 Å². The molecule has 0 bridgehead atoms. The Kier molecular flexibility index (Phi) is 9.21. The summed E-state index contributed by atoms with van der Waals surface area (Å²) in [5, 5.41) is 2.90. The molecule has 2 aromatic carbocycles. The molecule has 0 aliphatic carbocycles. The summed E-state index contributed by atoms with van der Waals surface area (Å²) in [7, 11) is -3.97. The SMILES string of the molecule is CCC(C(=O)NC(C)(C)C)N(CCc1ccccc1)C(=O)CN(c1ccccc1F)S(C)(=O)=O. The minimum absolute atomic E-state index is 0.202. The molecule has 186 valence electrons. The zero-order valence-electron chi connectivity index (χ0n) is 20.4. The summed E-state index contributed by atoms with van der Waals surface area (Å²) >= 11 is 0. The lowest BCUT2D eigenvalue weighted by atomic mass is 10.1. The highest BCUT2D eigenvalue weighted by molar-refractivity contribution is 7.92. The number of carbonyl (C=O) groups is 2. The van der Waals surface area contributed by atoms with Crippen LogP contribution in [0, 0.1) is 5.82 Å². The second-order valence-corrected chi connectivity index (χ2v) is 11.1. The highest BCUT2D eigenvalue weighted by atomic mass is 32.2. The lowest BCUT2D eigenvalue weighted by molar-refractivity contribution is -0.140. The standard InChI is InChI=1S/C25H34FN3O4S/c1-6-21(24(31)27-25(2,3)4)28(17-16-19-12-8-7-9-13-19)23(30)18-29(34(5,32)33)22-15-11-10-14-20(22)26/h7-15,21H,6,16-18H2,1-5H3,(H,27,31). The van der Waals surface area contributed by atoms with Crippen molar-refractivity contribution in [3.05, 3.63) is 66.0 Å². The van der Waals surface area contributed by atoms with Crippen LogP contribution in [0.4, 0.5) is 10.1 Å². The second kappa shape index (κ2) is 11.5. The van der Waals surface area contributed by atoms with E-state index in [9.17, 15) is 22.4 Å². The monoisotopic (exact) mass is 491 g/mol. The highest BCUT2D eigenvalue weighted by Crippen LogP contribution is 2.22. The van der Waals surface area contributed by atoms with E-state index in [1.807, 2.05) is 51.1 Å². The number of hydrogen-bond acceptors (Lipinski definition) is 4. The maximum absolute atomic E-state index is 14.4. The fourth-order valence-electron chi connectivity index (χ4n) is 3.60. The van der Waals surface area contributed by atoms with Crippen molar-refractivity contribution in [2.24, 2.45) is 0 Å². The summed E-state index contributed by atoms with van der Waals surface area (Å²) < 4.78 is 40.2. The molecule has 0 heterocycles. The highest BCUT2D eigenvalue weighted by Gasteiger charge is 2.33. The Balaban J connectivity index is 2.39. The van der Waals surface area contributed by atoms with Crippen molar-refractivity contribution >= 4 is 27.5 Å². The number of benzene rings is 2. The van der Waals surface area contributed by atoms with Gasteiger partial charge < -0.3 is 10.2 Å². The first-order chi connectivity index (χ1) is 15.8. The number of carbonyl (C=O) groups excluding carboxylic acids is 2. The van der Waals surface area contributed by atoms with E-state index in [1.165, 1.54) is 23.1 Å². The second-order valence-electron chi connectivity index (χ2n) is 9.21. The van der Waals surface area contributed by atoms with Crippen molar-refractivity contribution in [2.45, 2.75) is 52.1 Å². The van der Waals surface area contributed by atoms with E-state index in [0.717, 1.165) is 22.2 Å². The molecule has 0 aliphatic heterocycles. The summed E-state index contributed by atoms with van der Waals surface area (Å²) in [6.07, 6.45) is 1.73. The number of sulfonamides is 1. The van der Waals surface area contributed by atoms with Crippen LogP contribution in [0.5, 0.6) is 0 Å². The van der Waals surface area contributed by atoms with Gasteiger partial charge in [0.25, 0.3) is 0 Å². The summed E-state index contributed by atoms with van der Waals surface area (Å²) in [5.41, 5.74) is 0.249. The number of anilines is 1. The summed E-state index contributed by atoms with van der Waals surface area (Å²) in [6, 6.07) is 14.1. The molecule has 9 heteroatoms. The van der Waals surface area contributed by atoms with E-state index < -0.39 is 39.9 Å². The van der Waals surface area contributed by atoms with Crippen LogP contribution in [0.25, 0.3) is 0 Å². The van der Waals surface area contributed by atoms with Gasteiger partial charge in [0.1, 0.15) is 18.4 Å². The molecule has 1 atom stereocenters. The Morgan fingerprint density at radius 1 is 1.03 bits per heavy atom. The third-order valence-electron chi connectivity index (χ3n) is 5.17. The van der Waals surface area contributed by atoms with E-state index in [4.69, 9.17) is 0 Å². The maximum Gasteiger partial charge on any atom is 0.244 e. The van der Waals surface area contributed by atoms with Crippen LogP contribution in [-0.4, -0.2) is 56.1 Å². The van der Waals surface area contributed by atoms with Crippen molar-refractivity contribution in [2.75, 3.05) is 23.7 Å². The summed E-state index contributed by atoms with van der Waals surface area (Å²) in [6.45, 7) is 6.91. The number of nitrogens with one attached hydrogen (secondary N) is 1. The van der Waals surface area contributed by atoms with Crippen molar-refractivity contribution in [3.63, 3.8) is 0 Å². The molecule has 2 amide bonds. The predicted octanol–water partition coefficient (Wildman–Crippen LogP) is 3.36. The number of hydrogen-bond donors (Lipinski definition) is 1. The third kappa shape index (κ3) is 7.83. The molecule has 0 aromatic heterocycles. The molecule has 1 unspecified atom stereocenters. The first kappa shape index (κ1) is 27.3. The van der Waals surface area contributed by atoms with Crippen LogP contribution < -0.4 is 9.62 Å². The van der Waals surface area contributed by atoms with Crippen LogP contribution in [-0.2, 0) is 26.0 Å². The molecular formula is C25H34FN3O4S. The number of rotatable bonds is 10. The quantitative estimate of drug-likeness (QED) is 0.552. The van der Waals surface area contributed by atoms with Gasteiger partial charge in [0.05, 0.1) is 11.9 Å². The first-order valence-corrected chi connectivity index (χ1v) is 13.1. The van der Waals surface area contributed by atoms with Crippen LogP contribution in [0.3, 0.4) is 0 Å². The number of amides is 2. The molecule has 0 aliphatic rings. The molecule has 34 heavy (non-hydrogen) atoms. The van der Waals surface area contributed by atoms with Crippen molar-refractivity contribution in [1.29, 1.82) is 0 Å². The molecule has 0 saturated heterocycles. The zero-order chi connectivity index (χ0) is 25.5. The fraction of sp³-hybridized carbons (Fsp3) is 0.440. The molecule has 2 rings (SSSR count). The van der Waals surface area contributed by atoms with E-state index in [-0.39, 0.29) is 18.1 Å². The minimum Gasteiger partial charge on any atom is -0.350 e. The van der Waals surface area contributed by atoms with Gasteiger partial charge in [-0.05, 0) is 51.3 Å². The van der Waals surface area contributed by atoms with Gasteiger partial charge in [0.2, 0.25) is 21.8 Å². The average Bonchev–Trinajstić information content (AvgIpc) is 2.74. The first-order valence-electron chi connectivity index (χ1n) is 11.2. The number of nitrogens with zero attached hydrogens (tertiary/aromatic N) is 2. The van der Waals surface area contributed by atoms with Crippen LogP contribution in [0.2, 0.25) is 0 Å². The minimum atomic E-state index is -3.97. The maximum atomic E-state index is 14.4. The normalized spacial score (nSPS) is 12.6. The predicted molar refractivity (Wildman–Crippen MR) is 132 cm³/mol. The van der Waals surface area contributed by atoms with Gasteiger partial charge in [-0.3, -0.25) is 13.9 Å². The molecule has 0 spiro atoms. The van der Waals surface area contributed by atoms with Crippen molar-refractivity contribution in [3.8, 4) is 0 Å². The molecule has 0 radical (unpaired) electrons. The van der Waals surface area contributed by atoms with E-state index >= 15 is 0 Å². The Bertz CT molecular complexity index is 1080. The fourth-order valence-corrected chi connectivity index (χ4v) is 4.45. The summed E-state index contributed by atoms with van der Waals surface area (Å²) in [5.74, 6) is -1.66. The molecule has 7 nitrogen and oxygen atoms in total. The van der Waals surface area contributed by atoms with E-state index in [2.05, 4.69) is 5.32 Å². The van der Waals surface area contributed by atoms with Gasteiger partial charge in [-0.15, -0.1) is 0 Å². The summed E-state index contributed by atoms with van der Waals surface area (Å²) in [4.78, 5) is 27.9. The molecule has 0 fully saturated rings. The third-order valence-corrected chi connectivity index (χ3v) is 6.30. The molecule has 0 saturated carbocycles. The zero-order valence-corrected chi connectivity index (χ0v) is 21.2. The lowest BCUT2D eigenvalue weighted by Crippen LogP contribution is -2.56. The Morgan fingerprint density at radius 2 is 1.62 bits per heavy atom. The molecular weight excluding hydrogens is 457 g/mol. The Hall–Kier alpha value is -2.94. The number of halogens is 1. The van der Waals surface area contributed by atoms with Gasteiger partial charge in [0, 0.05) is 12.1 Å². The Morgan fingerprint density at radius 3 is 2.15 bits per heavy atom. The van der Waals surface area contributed by atoms with E-state index in [1.54, 1.807) is 6.92 Å². The Labute approximate surface area is 202 Å². The number of para-hydroxylation sites is 1. The largest absolute Gasteiger partial charge is 0.350 e. The molecule has 1 N–H and O–H groups in total. The average molecular weight is 492 g/mol. The van der Waals surface area contributed by atoms with Crippen molar-refractivity contribution in [1.82, 2.24) is 10.2 Å². The van der Waals surface area contributed by atoms with Crippen molar-refractivity contribution < 1.29 is 22.4 Å². The van der Waals surface area contributed by atoms with Gasteiger partial charge in [0.15, 0.2) is 0 Å². The van der Waals surface area contributed by atoms with Gasteiger partial charge in [-0.25, -0.2) is 12.8 Å². The van der Waals surface area contributed by atoms with Crippen LogP contribution in [0.1, 0.15) is 39.7 Å². The van der Waals surface area contributed by atoms with Gasteiger partial charge in [-0.1, -0.05) is 49.4 Å². The molecule has 2 aromatic rings. The van der Waals surface area contributed by atoms with Gasteiger partial charge in [-0.2, -0.15) is 0 Å². The topological polar surface area (TPSA) is 86.8 Å². The lowest BCUT2D eigenvalue weighted by Gasteiger charge is -2.34. The van der Waals surface area contributed by atoms with Gasteiger partial charge >= 0.3 is 0 Å². The van der Waals surface area contributed by atoms with Crippen LogP contribution in [0.15, 0.2) is 54.6 Å². The van der Waals surface area contributed by atoms with Crippen LogP contribution >= 0.6 is 0 Å². The smallest absolute Gasteiger partial charge is 0.244 e.